The molecule has 5 nitrogen and oxygen atoms in total. The smallest absolute Gasteiger partial charge is 0.270 e. The second-order valence-electron chi connectivity index (χ2n) is 5.71. The molecule has 1 fully saturated rings. The number of carbonyl (C=O) groups is 1. The van der Waals surface area contributed by atoms with Crippen LogP contribution in [0.3, 0.4) is 0 Å². The number of aromatic nitrogens is 1. The molecule has 120 valence electrons. The van der Waals surface area contributed by atoms with Crippen LogP contribution in [0.2, 0.25) is 0 Å². The summed E-state index contributed by atoms with van der Waals surface area (Å²) in [5.74, 6) is 1.68. The van der Waals surface area contributed by atoms with Crippen LogP contribution in [0.1, 0.15) is 23.3 Å². The average Bonchev–Trinajstić information content (AvgIpc) is 2.62. The highest BCUT2D eigenvalue weighted by molar-refractivity contribution is 5.92. The summed E-state index contributed by atoms with van der Waals surface area (Å²) < 4.78 is 5.73. The maximum atomic E-state index is 12.2. The summed E-state index contributed by atoms with van der Waals surface area (Å²) in [7, 11) is 0. The molecule has 1 amide bonds. The van der Waals surface area contributed by atoms with E-state index in [9.17, 15) is 4.79 Å². The van der Waals surface area contributed by atoms with Crippen LogP contribution in [0.4, 0.5) is 0 Å². The van der Waals surface area contributed by atoms with Gasteiger partial charge in [-0.15, -0.1) is 0 Å². The van der Waals surface area contributed by atoms with E-state index in [2.05, 4.69) is 15.6 Å². The Balaban J connectivity index is 1.58. The van der Waals surface area contributed by atoms with Gasteiger partial charge in [0, 0.05) is 18.8 Å². The number of nitrogens with zero attached hydrogens (tertiary/aromatic N) is 1. The number of rotatable bonds is 5. The van der Waals surface area contributed by atoms with E-state index in [-0.39, 0.29) is 5.91 Å². The molecule has 2 heterocycles. The van der Waals surface area contributed by atoms with Gasteiger partial charge in [0.1, 0.15) is 17.2 Å². The van der Waals surface area contributed by atoms with Crippen molar-refractivity contribution in [1.82, 2.24) is 15.6 Å². The SMILES string of the molecule is O=C(NCC1CCCNC1)c1cc(Oc2ccccc2)ccn1. The molecular formula is C18H21N3O2. The van der Waals surface area contributed by atoms with Crippen molar-refractivity contribution < 1.29 is 9.53 Å². The second kappa shape index (κ2) is 7.74. The molecule has 3 rings (SSSR count). The van der Waals surface area contributed by atoms with E-state index in [0.29, 0.717) is 23.9 Å². The van der Waals surface area contributed by atoms with Crippen molar-refractivity contribution in [2.45, 2.75) is 12.8 Å². The van der Waals surface area contributed by atoms with Gasteiger partial charge in [-0.05, 0) is 50.0 Å². The van der Waals surface area contributed by atoms with Crippen LogP contribution >= 0.6 is 0 Å². The largest absolute Gasteiger partial charge is 0.457 e. The lowest BCUT2D eigenvalue weighted by atomic mass is 10.00. The van der Waals surface area contributed by atoms with Crippen LogP contribution in [-0.4, -0.2) is 30.5 Å². The molecule has 1 aromatic heterocycles. The number of benzene rings is 1. The maximum absolute atomic E-state index is 12.2. The first kappa shape index (κ1) is 15.5. The zero-order valence-corrected chi connectivity index (χ0v) is 13.0. The molecule has 23 heavy (non-hydrogen) atoms. The maximum Gasteiger partial charge on any atom is 0.270 e. The van der Waals surface area contributed by atoms with Crippen molar-refractivity contribution in [3.8, 4) is 11.5 Å². The number of hydrogen-bond acceptors (Lipinski definition) is 4. The number of para-hydroxylation sites is 1. The molecule has 1 saturated heterocycles. The van der Waals surface area contributed by atoms with Crippen molar-refractivity contribution in [1.29, 1.82) is 0 Å². The molecule has 1 aromatic carbocycles. The fourth-order valence-corrected chi connectivity index (χ4v) is 2.65. The van der Waals surface area contributed by atoms with Crippen molar-refractivity contribution in [2.24, 2.45) is 5.92 Å². The molecule has 1 atom stereocenters. The second-order valence-corrected chi connectivity index (χ2v) is 5.71. The van der Waals surface area contributed by atoms with Gasteiger partial charge >= 0.3 is 0 Å². The van der Waals surface area contributed by atoms with E-state index < -0.39 is 0 Å². The highest BCUT2D eigenvalue weighted by atomic mass is 16.5. The predicted molar refractivity (Wildman–Crippen MR) is 88.7 cm³/mol. The van der Waals surface area contributed by atoms with E-state index in [1.165, 1.54) is 6.42 Å². The lowest BCUT2D eigenvalue weighted by Crippen LogP contribution is -2.38. The topological polar surface area (TPSA) is 63.2 Å². The third-order valence-corrected chi connectivity index (χ3v) is 3.89. The summed E-state index contributed by atoms with van der Waals surface area (Å²) >= 11 is 0. The third kappa shape index (κ3) is 4.53. The third-order valence-electron chi connectivity index (χ3n) is 3.89. The molecule has 1 unspecified atom stereocenters. The number of ether oxygens (including phenoxy) is 1. The standard InChI is InChI=1S/C18H21N3O2/c22-18(21-13-14-5-4-9-19-12-14)17-11-16(8-10-20-17)23-15-6-2-1-3-7-15/h1-3,6-8,10-11,14,19H,4-5,9,12-13H2,(H,21,22). The van der Waals surface area contributed by atoms with E-state index in [0.717, 1.165) is 25.3 Å². The fraction of sp³-hybridized carbons (Fsp3) is 0.333. The molecule has 2 N–H and O–H groups in total. The summed E-state index contributed by atoms with van der Waals surface area (Å²) in [5.41, 5.74) is 0.377. The molecule has 0 radical (unpaired) electrons. The number of nitrogens with one attached hydrogen (secondary N) is 2. The molecule has 1 aliphatic heterocycles. The Bertz CT molecular complexity index is 640. The molecule has 0 spiro atoms. The monoisotopic (exact) mass is 311 g/mol. The fourth-order valence-electron chi connectivity index (χ4n) is 2.65. The summed E-state index contributed by atoms with van der Waals surface area (Å²) in [6.07, 6.45) is 3.91. The molecule has 0 saturated carbocycles. The number of pyridine rings is 1. The van der Waals surface area contributed by atoms with Gasteiger partial charge in [-0.2, -0.15) is 0 Å². The molecule has 0 bridgehead atoms. The zero-order chi connectivity index (χ0) is 15.9. The van der Waals surface area contributed by atoms with Crippen LogP contribution in [-0.2, 0) is 0 Å². The number of carbonyl (C=O) groups excluding carboxylic acids is 1. The molecular weight excluding hydrogens is 290 g/mol. The van der Waals surface area contributed by atoms with Crippen LogP contribution in [0.25, 0.3) is 0 Å². The van der Waals surface area contributed by atoms with Gasteiger partial charge < -0.3 is 15.4 Å². The summed E-state index contributed by atoms with van der Waals surface area (Å²) in [4.78, 5) is 16.4. The van der Waals surface area contributed by atoms with Crippen LogP contribution in [0.5, 0.6) is 11.5 Å². The Labute approximate surface area is 136 Å². The van der Waals surface area contributed by atoms with E-state index in [4.69, 9.17) is 4.74 Å². The van der Waals surface area contributed by atoms with Gasteiger partial charge in [0.05, 0.1) is 0 Å². The summed E-state index contributed by atoms with van der Waals surface area (Å²) in [5, 5.41) is 6.31. The van der Waals surface area contributed by atoms with Gasteiger partial charge in [-0.25, -0.2) is 0 Å². The first-order chi connectivity index (χ1) is 11.3. The average molecular weight is 311 g/mol. The van der Waals surface area contributed by atoms with Gasteiger partial charge in [0.15, 0.2) is 0 Å². The van der Waals surface area contributed by atoms with Crippen LogP contribution in [0, 0.1) is 5.92 Å². The Hall–Kier alpha value is -2.40. The number of amides is 1. The minimum absolute atomic E-state index is 0.158. The minimum atomic E-state index is -0.158. The molecule has 2 aromatic rings. The van der Waals surface area contributed by atoms with Gasteiger partial charge in [-0.1, -0.05) is 18.2 Å². The molecule has 5 heteroatoms. The van der Waals surface area contributed by atoms with Crippen LogP contribution < -0.4 is 15.4 Å². The quantitative estimate of drug-likeness (QED) is 0.891. The zero-order valence-electron chi connectivity index (χ0n) is 13.0. The normalized spacial score (nSPS) is 17.5. The Morgan fingerprint density at radius 3 is 2.91 bits per heavy atom. The molecule has 0 aliphatic carbocycles. The lowest BCUT2D eigenvalue weighted by Gasteiger charge is -2.22. The lowest BCUT2D eigenvalue weighted by molar-refractivity contribution is 0.0939. The van der Waals surface area contributed by atoms with Gasteiger partial charge in [0.25, 0.3) is 5.91 Å². The van der Waals surface area contributed by atoms with Crippen molar-refractivity contribution in [3.63, 3.8) is 0 Å². The van der Waals surface area contributed by atoms with Crippen LogP contribution in [0.15, 0.2) is 48.7 Å². The molecule has 1 aliphatic rings. The van der Waals surface area contributed by atoms with Gasteiger partial charge in [-0.3, -0.25) is 9.78 Å². The van der Waals surface area contributed by atoms with Crippen molar-refractivity contribution in [3.05, 3.63) is 54.4 Å². The summed E-state index contributed by atoms with van der Waals surface area (Å²) in [6.45, 7) is 2.72. The van der Waals surface area contributed by atoms with Crippen molar-refractivity contribution in [2.75, 3.05) is 19.6 Å². The first-order valence-corrected chi connectivity index (χ1v) is 7.99. The summed E-state index contributed by atoms with van der Waals surface area (Å²) in [6, 6.07) is 12.9. The minimum Gasteiger partial charge on any atom is -0.457 e. The highest BCUT2D eigenvalue weighted by Crippen LogP contribution is 2.20. The van der Waals surface area contributed by atoms with Crippen molar-refractivity contribution >= 4 is 5.91 Å². The highest BCUT2D eigenvalue weighted by Gasteiger charge is 2.15. The Morgan fingerprint density at radius 2 is 2.13 bits per heavy atom. The predicted octanol–water partition coefficient (Wildman–Crippen LogP) is 2.60. The number of piperidine rings is 1. The first-order valence-electron chi connectivity index (χ1n) is 7.99. The Morgan fingerprint density at radius 1 is 1.26 bits per heavy atom. The van der Waals surface area contributed by atoms with Gasteiger partial charge in [0.2, 0.25) is 0 Å². The van der Waals surface area contributed by atoms with E-state index in [1.807, 2.05) is 30.3 Å². The van der Waals surface area contributed by atoms with E-state index >= 15 is 0 Å². The number of hydrogen-bond donors (Lipinski definition) is 2. The van der Waals surface area contributed by atoms with E-state index in [1.54, 1.807) is 18.3 Å². The Kier molecular flexibility index (Phi) is 5.21.